The molecule has 0 saturated carbocycles. The van der Waals surface area contributed by atoms with Gasteiger partial charge < -0.3 is 15.8 Å². The van der Waals surface area contributed by atoms with Crippen molar-refractivity contribution < 1.29 is 14.3 Å². The van der Waals surface area contributed by atoms with Gasteiger partial charge in [-0.2, -0.15) is 0 Å². The summed E-state index contributed by atoms with van der Waals surface area (Å²) in [6.45, 7) is 1.29. The molecule has 5 nitrogen and oxygen atoms in total. The van der Waals surface area contributed by atoms with Gasteiger partial charge in [0.25, 0.3) is 5.91 Å². The average molecular weight is 270 g/mol. The molecule has 3 N–H and O–H groups in total. The van der Waals surface area contributed by atoms with Crippen LogP contribution in [0.1, 0.15) is 17.3 Å². The fraction of sp³-hybridized carbons (Fsp3) is 0.0667. The molecule has 2 aromatic rings. The summed E-state index contributed by atoms with van der Waals surface area (Å²) in [6.07, 6.45) is 0. The Bertz CT molecular complexity index is 636. The zero-order valence-electron chi connectivity index (χ0n) is 10.9. The molecule has 0 aliphatic heterocycles. The molecule has 0 spiro atoms. The summed E-state index contributed by atoms with van der Waals surface area (Å²) < 4.78 is 5.00. The van der Waals surface area contributed by atoms with E-state index in [0.29, 0.717) is 16.9 Å². The third kappa shape index (κ3) is 3.35. The molecule has 20 heavy (non-hydrogen) atoms. The van der Waals surface area contributed by atoms with Crippen LogP contribution in [0.25, 0.3) is 0 Å². The lowest BCUT2D eigenvalue weighted by Crippen LogP contribution is -2.14. The molecule has 0 heterocycles. The molecule has 0 atom stereocenters. The Labute approximate surface area is 116 Å². The van der Waals surface area contributed by atoms with E-state index in [1.165, 1.54) is 6.92 Å². The van der Waals surface area contributed by atoms with Gasteiger partial charge in [0.05, 0.1) is 5.56 Å². The van der Waals surface area contributed by atoms with Gasteiger partial charge in [0.2, 0.25) is 0 Å². The second-order valence-electron chi connectivity index (χ2n) is 4.17. The number of nitrogens with one attached hydrogen (secondary N) is 1. The van der Waals surface area contributed by atoms with Crippen LogP contribution in [0.4, 0.5) is 11.4 Å². The second-order valence-corrected chi connectivity index (χ2v) is 4.17. The van der Waals surface area contributed by atoms with Gasteiger partial charge in [-0.25, -0.2) is 0 Å². The van der Waals surface area contributed by atoms with Gasteiger partial charge in [-0.15, -0.1) is 0 Å². The van der Waals surface area contributed by atoms with Crippen LogP contribution in [0.5, 0.6) is 5.75 Å². The molecule has 0 aliphatic carbocycles. The third-order valence-corrected chi connectivity index (χ3v) is 2.55. The van der Waals surface area contributed by atoms with Gasteiger partial charge in [-0.3, -0.25) is 9.59 Å². The summed E-state index contributed by atoms with van der Waals surface area (Å²) in [6, 6.07) is 13.3. The summed E-state index contributed by atoms with van der Waals surface area (Å²) in [7, 11) is 0. The third-order valence-electron chi connectivity index (χ3n) is 2.55. The number of anilines is 2. The molecule has 1 amide bonds. The quantitative estimate of drug-likeness (QED) is 0.510. The van der Waals surface area contributed by atoms with E-state index in [1.54, 1.807) is 48.5 Å². The number of amides is 1. The first-order valence-electron chi connectivity index (χ1n) is 6.00. The van der Waals surface area contributed by atoms with Crippen molar-refractivity contribution in [3.05, 3.63) is 54.1 Å². The number of nitrogens with two attached hydrogens (primary N) is 1. The molecule has 5 heteroatoms. The highest BCUT2D eigenvalue weighted by molar-refractivity contribution is 6.06. The van der Waals surface area contributed by atoms with Crippen molar-refractivity contribution in [3.63, 3.8) is 0 Å². The number of ether oxygens (including phenoxy) is 1. The first-order chi connectivity index (χ1) is 9.56. The summed E-state index contributed by atoms with van der Waals surface area (Å²) in [5.41, 5.74) is 7.10. The topological polar surface area (TPSA) is 81.4 Å². The maximum absolute atomic E-state index is 12.2. The van der Waals surface area contributed by atoms with Crippen LogP contribution >= 0.6 is 0 Å². The largest absolute Gasteiger partial charge is 0.426 e. The van der Waals surface area contributed by atoms with E-state index < -0.39 is 5.97 Å². The van der Waals surface area contributed by atoms with Gasteiger partial charge in [-0.05, 0) is 36.4 Å². The van der Waals surface area contributed by atoms with Crippen molar-refractivity contribution in [1.29, 1.82) is 0 Å². The number of para-hydroxylation sites is 1. The van der Waals surface area contributed by atoms with Crippen LogP contribution in [0.2, 0.25) is 0 Å². The summed E-state index contributed by atoms with van der Waals surface area (Å²) in [5, 5.41) is 2.71. The predicted octanol–water partition coefficient (Wildman–Crippen LogP) is 2.45. The highest BCUT2D eigenvalue weighted by atomic mass is 16.5. The molecule has 0 fully saturated rings. The molecular formula is C15H14N2O3. The van der Waals surface area contributed by atoms with Gasteiger partial charge >= 0.3 is 5.97 Å². The SMILES string of the molecule is CC(=O)Oc1ccccc1C(=O)Nc1ccc(N)cc1. The van der Waals surface area contributed by atoms with Gasteiger partial charge in [0.15, 0.2) is 0 Å². The number of nitrogen functional groups attached to an aromatic ring is 1. The number of carbonyl (C=O) groups is 2. The highest BCUT2D eigenvalue weighted by Crippen LogP contribution is 2.20. The van der Waals surface area contributed by atoms with Gasteiger partial charge in [-0.1, -0.05) is 12.1 Å². The number of benzene rings is 2. The van der Waals surface area contributed by atoms with Crippen LogP contribution < -0.4 is 15.8 Å². The van der Waals surface area contributed by atoms with Crippen LogP contribution in [0.15, 0.2) is 48.5 Å². The van der Waals surface area contributed by atoms with Gasteiger partial charge in [0.1, 0.15) is 5.75 Å². The zero-order valence-corrected chi connectivity index (χ0v) is 10.9. The lowest BCUT2D eigenvalue weighted by Gasteiger charge is -2.09. The van der Waals surface area contributed by atoms with Crippen molar-refractivity contribution in [2.24, 2.45) is 0 Å². The minimum Gasteiger partial charge on any atom is -0.426 e. The van der Waals surface area contributed by atoms with Crippen LogP contribution in [-0.4, -0.2) is 11.9 Å². The molecule has 0 saturated heterocycles. The molecule has 0 aromatic heterocycles. The Balaban J connectivity index is 2.20. The minimum absolute atomic E-state index is 0.230. The van der Waals surface area contributed by atoms with Crippen LogP contribution in [-0.2, 0) is 4.79 Å². The monoisotopic (exact) mass is 270 g/mol. The van der Waals surface area contributed by atoms with Crippen molar-refractivity contribution in [1.82, 2.24) is 0 Å². The predicted molar refractivity (Wildman–Crippen MR) is 76.6 cm³/mol. The zero-order chi connectivity index (χ0) is 14.5. The van der Waals surface area contributed by atoms with E-state index in [9.17, 15) is 9.59 Å². The normalized spacial score (nSPS) is 9.85. The number of carbonyl (C=O) groups excluding carboxylic acids is 2. The molecule has 0 unspecified atom stereocenters. The molecule has 2 rings (SSSR count). The average Bonchev–Trinajstić information content (AvgIpc) is 2.41. The van der Waals surface area contributed by atoms with Crippen molar-refractivity contribution in [3.8, 4) is 5.75 Å². The second kappa shape index (κ2) is 5.88. The molecule has 0 radical (unpaired) electrons. The lowest BCUT2D eigenvalue weighted by molar-refractivity contribution is -0.131. The van der Waals surface area contributed by atoms with Crippen molar-refractivity contribution in [2.45, 2.75) is 6.92 Å². The number of hydrogen-bond donors (Lipinski definition) is 2. The molecular weight excluding hydrogens is 256 g/mol. The fourth-order valence-corrected chi connectivity index (χ4v) is 1.66. The Hall–Kier alpha value is -2.82. The van der Waals surface area contributed by atoms with E-state index in [4.69, 9.17) is 10.5 Å². The number of esters is 1. The highest BCUT2D eigenvalue weighted by Gasteiger charge is 2.13. The van der Waals surface area contributed by atoms with E-state index in [0.717, 1.165) is 0 Å². The molecule has 2 aromatic carbocycles. The van der Waals surface area contributed by atoms with Crippen LogP contribution in [0, 0.1) is 0 Å². The standard InChI is InChI=1S/C15H14N2O3/c1-10(18)20-14-5-3-2-4-13(14)15(19)17-12-8-6-11(16)7-9-12/h2-9H,16H2,1H3,(H,17,19). The number of hydrogen-bond acceptors (Lipinski definition) is 4. The maximum Gasteiger partial charge on any atom is 0.308 e. The summed E-state index contributed by atoms with van der Waals surface area (Å²) in [5.74, 6) is -0.600. The van der Waals surface area contributed by atoms with Crippen molar-refractivity contribution in [2.75, 3.05) is 11.1 Å². The Morgan fingerprint density at radius 2 is 1.70 bits per heavy atom. The fourth-order valence-electron chi connectivity index (χ4n) is 1.66. The molecule has 0 aliphatic rings. The first kappa shape index (κ1) is 13.6. The van der Waals surface area contributed by atoms with E-state index in [1.807, 2.05) is 0 Å². The smallest absolute Gasteiger partial charge is 0.308 e. The van der Waals surface area contributed by atoms with E-state index in [2.05, 4.69) is 5.32 Å². The molecule has 0 bridgehead atoms. The Morgan fingerprint density at radius 1 is 1.05 bits per heavy atom. The van der Waals surface area contributed by atoms with Crippen molar-refractivity contribution >= 4 is 23.3 Å². The van der Waals surface area contributed by atoms with E-state index >= 15 is 0 Å². The van der Waals surface area contributed by atoms with Gasteiger partial charge in [0, 0.05) is 18.3 Å². The minimum atomic E-state index is -0.474. The van der Waals surface area contributed by atoms with Crippen LogP contribution in [0.3, 0.4) is 0 Å². The first-order valence-corrected chi connectivity index (χ1v) is 6.00. The van der Waals surface area contributed by atoms with E-state index in [-0.39, 0.29) is 11.7 Å². The lowest BCUT2D eigenvalue weighted by atomic mass is 10.2. The summed E-state index contributed by atoms with van der Waals surface area (Å²) >= 11 is 0. The Kier molecular flexibility index (Phi) is 4.00. The summed E-state index contributed by atoms with van der Waals surface area (Å²) in [4.78, 5) is 23.2. The Morgan fingerprint density at radius 3 is 2.35 bits per heavy atom. The maximum atomic E-state index is 12.2. The number of rotatable bonds is 3. The molecule has 102 valence electrons.